The van der Waals surface area contributed by atoms with Gasteiger partial charge in [0.25, 0.3) is 0 Å². The van der Waals surface area contributed by atoms with Crippen molar-refractivity contribution in [3.8, 4) is 0 Å². The van der Waals surface area contributed by atoms with Crippen LogP contribution in [0.25, 0.3) is 0 Å². The third-order valence-corrected chi connectivity index (χ3v) is 6.04. The van der Waals surface area contributed by atoms with Crippen LogP contribution in [0.3, 0.4) is 0 Å². The van der Waals surface area contributed by atoms with Crippen LogP contribution in [-0.2, 0) is 10.0 Å². The molecule has 2 unspecified atom stereocenters. The Bertz CT molecular complexity index is 592. The lowest BCUT2D eigenvalue weighted by Gasteiger charge is -2.28. The summed E-state index contributed by atoms with van der Waals surface area (Å²) in [6.07, 6.45) is 6.31. The van der Waals surface area contributed by atoms with E-state index in [0.717, 1.165) is 6.42 Å². The van der Waals surface area contributed by atoms with Gasteiger partial charge < -0.3 is 5.32 Å². The molecule has 1 saturated carbocycles. The molecule has 2 N–H and O–H groups in total. The number of halogens is 1. The number of sulfonamides is 1. The van der Waals surface area contributed by atoms with Crippen LogP contribution in [0.15, 0.2) is 21.6 Å². The highest BCUT2D eigenvalue weighted by atomic mass is 79.9. The Kier molecular flexibility index (Phi) is 5.62. The predicted octanol–water partition coefficient (Wildman–Crippen LogP) is 2.99. The normalized spacial score (nSPS) is 23.0. The summed E-state index contributed by atoms with van der Waals surface area (Å²) in [7, 11) is -1.89. The lowest BCUT2D eigenvalue weighted by Crippen LogP contribution is -2.33. The number of hydrogen-bond acceptors (Lipinski definition) is 4. The quantitative estimate of drug-likeness (QED) is 0.829. The smallest absolute Gasteiger partial charge is 0.244 e. The molecular weight excluding hydrogens is 354 g/mol. The maximum Gasteiger partial charge on any atom is 0.244 e. The predicted molar refractivity (Wildman–Crippen MR) is 87.8 cm³/mol. The number of anilines is 1. The molecule has 1 aliphatic carbocycles. The van der Waals surface area contributed by atoms with Crippen LogP contribution in [-0.4, -0.2) is 27.0 Å². The van der Waals surface area contributed by atoms with E-state index in [1.54, 1.807) is 19.3 Å². The van der Waals surface area contributed by atoms with Crippen LogP contribution < -0.4 is 10.0 Å². The van der Waals surface area contributed by atoms with Crippen LogP contribution in [0, 0.1) is 11.8 Å². The molecule has 1 heterocycles. The average molecular weight is 376 g/mol. The fraction of sp³-hybridized carbons (Fsp3) is 0.643. The Labute approximate surface area is 135 Å². The molecule has 7 heteroatoms. The molecule has 1 fully saturated rings. The van der Waals surface area contributed by atoms with Gasteiger partial charge in [-0.05, 0) is 40.3 Å². The second-order valence-electron chi connectivity index (χ2n) is 5.62. The number of hydrogen-bond donors (Lipinski definition) is 2. The number of aromatic nitrogens is 1. The zero-order valence-electron chi connectivity index (χ0n) is 12.4. The summed E-state index contributed by atoms with van der Waals surface area (Å²) in [6.45, 7) is 2.71. The van der Waals surface area contributed by atoms with Crippen molar-refractivity contribution in [3.63, 3.8) is 0 Å². The largest absolute Gasteiger partial charge is 0.372 e. The van der Waals surface area contributed by atoms with E-state index < -0.39 is 10.0 Å². The topological polar surface area (TPSA) is 71.1 Å². The van der Waals surface area contributed by atoms with E-state index in [0.29, 0.717) is 28.7 Å². The third-order valence-electron chi connectivity index (χ3n) is 4.17. The van der Waals surface area contributed by atoms with Crippen molar-refractivity contribution < 1.29 is 8.42 Å². The Morgan fingerprint density at radius 1 is 1.38 bits per heavy atom. The second kappa shape index (κ2) is 7.07. The van der Waals surface area contributed by atoms with Crippen molar-refractivity contribution in [1.82, 2.24) is 9.71 Å². The summed E-state index contributed by atoms with van der Waals surface area (Å²) in [5, 5.41) is 2.82. The molecule has 21 heavy (non-hydrogen) atoms. The van der Waals surface area contributed by atoms with E-state index in [9.17, 15) is 8.42 Å². The molecule has 2 rings (SSSR count). The van der Waals surface area contributed by atoms with Gasteiger partial charge in [0.2, 0.25) is 10.0 Å². The highest BCUT2D eigenvalue weighted by Gasteiger charge is 2.25. The van der Waals surface area contributed by atoms with Gasteiger partial charge in [-0.25, -0.2) is 18.1 Å². The molecule has 0 aromatic carbocycles. The first-order chi connectivity index (χ1) is 9.94. The Morgan fingerprint density at radius 2 is 2.10 bits per heavy atom. The maximum absolute atomic E-state index is 12.5. The number of rotatable bonds is 5. The van der Waals surface area contributed by atoms with Crippen molar-refractivity contribution in [1.29, 1.82) is 0 Å². The summed E-state index contributed by atoms with van der Waals surface area (Å²) < 4.78 is 28.4. The first kappa shape index (κ1) is 16.7. The SMILES string of the molecule is CNc1ncc(Br)cc1S(=O)(=O)NCC1CCCCC1C. The molecule has 0 aliphatic heterocycles. The van der Waals surface area contributed by atoms with E-state index in [1.165, 1.54) is 19.3 Å². The summed E-state index contributed by atoms with van der Waals surface area (Å²) in [5.41, 5.74) is 0. The number of nitrogens with one attached hydrogen (secondary N) is 2. The van der Waals surface area contributed by atoms with Gasteiger partial charge in [0.15, 0.2) is 0 Å². The molecule has 0 bridgehead atoms. The standard InChI is InChI=1S/C14H22BrN3O2S/c1-10-5-3-4-6-11(10)8-18-21(19,20)13-7-12(15)9-17-14(13)16-2/h7,9-11,18H,3-6,8H2,1-2H3,(H,16,17). The first-order valence-corrected chi connectivity index (χ1v) is 9.54. The summed E-state index contributed by atoms with van der Waals surface area (Å²) in [6, 6.07) is 1.57. The fourth-order valence-corrected chi connectivity index (χ4v) is 4.57. The molecule has 118 valence electrons. The zero-order chi connectivity index (χ0) is 15.5. The molecule has 2 atom stereocenters. The van der Waals surface area contributed by atoms with Crippen LogP contribution in [0.2, 0.25) is 0 Å². The monoisotopic (exact) mass is 375 g/mol. The summed E-state index contributed by atoms with van der Waals surface area (Å²) >= 11 is 3.27. The Morgan fingerprint density at radius 3 is 2.76 bits per heavy atom. The van der Waals surface area contributed by atoms with Gasteiger partial charge in [-0.15, -0.1) is 0 Å². The van der Waals surface area contributed by atoms with Crippen LogP contribution in [0.4, 0.5) is 5.82 Å². The summed E-state index contributed by atoms with van der Waals surface area (Å²) in [4.78, 5) is 4.28. The molecular formula is C14H22BrN3O2S. The minimum absolute atomic E-state index is 0.183. The van der Waals surface area contributed by atoms with E-state index in [2.05, 4.69) is 37.9 Å². The van der Waals surface area contributed by atoms with Crippen LogP contribution in [0.5, 0.6) is 0 Å². The molecule has 0 spiro atoms. The van der Waals surface area contributed by atoms with E-state index in [-0.39, 0.29) is 4.90 Å². The average Bonchev–Trinajstić information content (AvgIpc) is 2.46. The van der Waals surface area contributed by atoms with Gasteiger partial charge >= 0.3 is 0 Å². The molecule has 0 amide bonds. The van der Waals surface area contributed by atoms with Gasteiger partial charge in [-0.2, -0.15) is 0 Å². The molecule has 1 aromatic rings. The van der Waals surface area contributed by atoms with Crippen molar-refractivity contribution >= 4 is 31.8 Å². The van der Waals surface area contributed by atoms with E-state index >= 15 is 0 Å². The first-order valence-electron chi connectivity index (χ1n) is 7.27. The molecule has 5 nitrogen and oxygen atoms in total. The fourth-order valence-electron chi connectivity index (χ4n) is 2.80. The minimum atomic E-state index is -3.55. The van der Waals surface area contributed by atoms with Gasteiger partial charge in [-0.3, -0.25) is 0 Å². The lowest BCUT2D eigenvalue weighted by atomic mass is 9.81. The van der Waals surface area contributed by atoms with Gasteiger partial charge in [0.1, 0.15) is 10.7 Å². The maximum atomic E-state index is 12.5. The van der Waals surface area contributed by atoms with Gasteiger partial charge in [0, 0.05) is 24.3 Å². The van der Waals surface area contributed by atoms with E-state index in [4.69, 9.17) is 0 Å². The molecule has 1 aliphatic rings. The van der Waals surface area contributed by atoms with Crippen LogP contribution in [0.1, 0.15) is 32.6 Å². The summed E-state index contributed by atoms with van der Waals surface area (Å²) in [5.74, 6) is 1.36. The molecule has 1 aromatic heterocycles. The zero-order valence-corrected chi connectivity index (χ0v) is 14.8. The van der Waals surface area contributed by atoms with Crippen molar-refractivity contribution in [2.75, 3.05) is 18.9 Å². The van der Waals surface area contributed by atoms with Crippen molar-refractivity contribution in [3.05, 3.63) is 16.7 Å². The highest BCUT2D eigenvalue weighted by Crippen LogP contribution is 2.29. The number of pyridine rings is 1. The molecule has 0 saturated heterocycles. The van der Waals surface area contributed by atoms with Crippen molar-refractivity contribution in [2.45, 2.75) is 37.5 Å². The third kappa shape index (κ3) is 4.17. The van der Waals surface area contributed by atoms with Crippen LogP contribution >= 0.6 is 15.9 Å². The molecule has 0 radical (unpaired) electrons. The second-order valence-corrected chi connectivity index (χ2v) is 8.28. The van der Waals surface area contributed by atoms with Crippen molar-refractivity contribution in [2.24, 2.45) is 11.8 Å². The minimum Gasteiger partial charge on any atom is -0.372 e. The van der Waals surface area contributed by atoms with Gasteiger partial charge in [-0.1, -0.05) is 26.2 Å². The van der Waals surface area contributed by atoms with E-state index in [1.807, 2.05) is 0 Å². The van der Waals surface area contributed by atoms with Gasteiger partial charge in [0.05, 0.1) is 0 Å². The Balaban J connectivity index is 2.13. The lowest BCUT2D eigenvalue weighted by molar-refractivity contribution is 0.257. The highest BCUT2D eigenvalue weighted by molar-refractivity contribution is 9.10. The Hall–Kier alpha value is -0.660. The number of nitrogens with zero attached hydrogens (tertiary/aromatic N) is 1.